The van der Waals surface area contributed by atoms with Crippen molar-refractivity contribution in [2.45, 2.75) is 38.8 Å². The molecule has 0 spiro atoms. The van der Waals surface area contributed by atoms with Crippen LogP contribution in [0, 0.1) is 11.8 Å². The maximum absolute atomic E-state index is 12.8. The number of hydrogen-bond donors (Lipinski definition) is 2. The smallest absolute Gasteiger partial charge is 0.224 e. The lowest BCUT2D eigenvalue weighted by Gasteiger charge is -2.46. The van der Waals surface area contributed by atoms with Gasteiger partial charge in [-0.1, -0.05) is 25.1 Å². The average molecular weight is 405 g/mol. The fourth-order valence-electron chi connectivity index (χ4n) is 5.39. The fraction of sp³-hybridized carbons (Fsp3) is 0.480. The minimum Gasteiger partial charge on any atom is -0.378 e. The van der Waals surface area contributed by atoms with E-state index in [1.807, 2.05) is 0 Å². The topological polar surface area (TPSA) is 47.6 Å². The number of carbonyl (C=O) groups excluding carboxylic acids is 1. The van der Waals surface area contributed by atoms with Crippen molar-refractivity contribution in [1.82, 2.24) is 5.32 Å². The molecule has 2 heterocycles. The minimum atomic E-state index is 0.160. The third-order valence-electron chi connectivity index (χ3n) is 6.99. The van der Waals surface area contributed by atoms with E-state index < -0.39 is 0 Å². The van der Waals surface area contributed by atoms with Crippen LogP contribution in [0.4, 0.5) is 17.1 Å². The summed E-state index contributed by atoms with van der Waals surface area (Å²) in [5, 5.41) is 7.26. The molecule has 1 saturated heterocycles. The number of benzene rings is 2. The number of amides is 1. The van der Waals surface area contributed by atoms with Crippen LogP contribution in [-0.4, -0.2) is 38.1 Å². The molecule has 0 bridgehead atoms. The SMILES string of the molecule is CC(=O)N1c2ccc(N3CCNCC3)cc2C(Nc2ccccc2)[C@@H](C)C1C1CC1. The Bertz CT molecular complexity index is 905. The summed E-state index contributed by atoms with van der Waals surface area (Å²) >= 11 is 0. The lowest BCUT2D eigenvalue weighted by molar-refractivity contribution is -0.117. The molecular formula is C25H32N4O. The van der Waals surface area contributed by atoms with Gasteiger partial charge < -0.3 is 20.4 Å². The highest BCUT2D eigenvalue weighted by atomic mass is 16.2. The summed E-state index contributed by atoms with van der Waals surface area (Å²) in [5.74, 6) is 1.12. The maximum Gasteiger partial charge on any atom is 0.224 e. The Balaban J connectivity index is 1.58. The van der Waals surface area contributed by atoms with Crippen molar-refractivity contribution >= 4 is 23.0 Å². The molecule has 2 unspecified atom stereocenters. The second-order valence-corrected chi connectivity index (χ2v) is 9.04. The second kappa shape index (κ2) is 7.95. The molecule has 1 aliphatic carbocycles. The molecule has 0 radical (unpaired) electrons. The van der Waals surface area contributed by atoms with E-state index in [4.69, 9.17) is 0 Å². The van der Waals surface area contributed by atoms with Crippen molar-refractivity contribution in [2.24, 2.45) is 11.8 Å². The number of rotatable bonds is 4. The summed E-state index contributed by atoms with van der Waals surface area (Å²) in [4.78, 5) is 17.3. The average Bonchev–Trinajstić information content (AvgIpc) is 3.61. The first kappa shape index (κ1) is 19.4. The van der Waals surface area contributed by atoms with Crippen molar-refractivity contribution < 1.29 is 4.79 Å². The van der Waals surface area contributed by atoms with Crippen LogP contribution >= 0.6 is 0 Å². The van der Waals surface area contributed by atoms with E-state index in [9.17, 15) is 4.79 Å². The van der Waals surface area contributed by atoms with Crippen molar-refractivity contribution in [3.05, 3.63) is 54.1 Å². The van der Waals surface area contributed by atoms with Crippen LogP contribution in [0.1, 0.15) is 38.3 Å². The van der Waals surface area contributed by atoms with Gasteiger partial charge in [0.25, 0.3) is 0 Å². The summed E-state index contributed by atoms with van der Waals surface area (Å²) in [6.45, 7) is 8.12. The Labute approximate surface area is 179 Å². The molecule has 1 saturated carbocycles. The van der Waals surface area contributed by atoms with Crippen LogP contribution in [-0.2, 0) is 4.79 Å². The number of piperazine rings is 1. The van der Waals surface area contributed by atoms with Crippen molar-refractivity contribution in [3.63, 3.8) is 0 Å². The quantitative estimate of drug-likeness (QED) is 0.808. The van der Waals surface area contributed by atoms with Crippen LogP contribution in [0.25, 0.3) is 0 Å². The predicted molar refractivity (Wildman–Crippen MR) is 123 cm³/mol. The first-order valence-corrected chi connectivity index (χ1v) is 11.3. The van der Waals surface area contributed by atoms with Crippen LogP contribution in [0.3, 0.4) is 0 Å². The first-order chi connectivity index (χ1) is 14.6. The number of hydrogen-bond acceptors (Lipinski definition) is 4. The van der Waals surface area contributed by atoms with Crippen LogP contribution in [0.5, 0.6) is 0 Å². The van der Waals surface area contributed by atoms with E-state index in [2.05, 4.69) is 75.9 Å². The third kappa shape index (κ3) is 3.56. The zero-order valence-electron chi connectivity index (χ0n) is 18.0. The van der Waals surface area contributed by atoms with Gasteiger partial charge in [-0.3, -0.25) is 4.79 Å². The summed E-state index contributed by atoms with van der Waals surface area (Å²) in [7, 11) is 0. The molecule has 2 aromatic carbocycles. The molecule has 3 aliphatic rings. The van der Waals surface area contributed by atoms with Gasteiger partial charge in [0.2, 0.25) is 5.91 Å². The van der Waals surface area contributed by atoms with Gasteiger partial charge in [0.1, 0.15) is 0 Å². The molecule has 0 aromatic heterocycles. The van der Waals surface area contributed by atoms with Crippen molar-refractivity contribution in [1.29, 1.82) is 0 Å². The van der Waals surface area contributed by atoms with E-state index in [-0.39, 0.29) is 18.0 Å². The van der Waals surface area contributed by atoms with Gasteiger partial charge in [0.15, 0.2) is 0 Å². The minimum absolute atomic E-state index is 0.160. The number of nitrogens with zero attached hydrogens (tertiary/aromatic N) is 2. The van der Waals surface area contributed by atoms with E-state index in [0.717, 1.165) is 37.6 Å². The van der Waals surface area contributed by atoms with E-state index in [1.54, 1.807) is 6.92 Å². The van der Waals surface area contributed by atoms with Crippen LogP contribution in [0.15, 0.2) is 48.5 Å². The largest absolute Gasteiger partial charge is 0.378 e. The highest BCUT2D eigenvalue weighted by Crippen LogP contribution is 2.50. The predicted octanol–water partition coefficient (Wildman–Crippen LogP) is 4.03. The number of para-hydroxylation sites is 1. The number of carbonyl (C=O) groups is 1. The van der Waals surface area contributed by atoms with E-state index in [1.165, 1.54) is 24.1 Å². The van der Waals surface area contributed by atoms with Gasteiger partial charge >= 0.3 is 0 Å². The highest BCUT2D eigenvalue weighted by molar-refractivity contribution is 5.94. The molecule has 2 N–H and O–H groups in total. The molecule has 2 aromatic rings. The monoisotopic (exact) mass is 404 g/mol. The molecule has 2 fully saturated rings. The molecule has 1 amide bonds. The highest BCUT2D eigenvalue weighted by Gasteiger charge is 2.47. The molecule has 5 heteroatoms. The molecule has 2 aliphatic heterocycles. The lowest BCUT2D eigenvalue weighted by atomic mass is 9.79. The van der Waals surface area contributed by atoms with Gasteiger partial charge in [0, 0.05) is 67.7 Å². The summed E-state index contributed by atoms with van der Waals surface area (Å²) in [6, 6.07) is 17.7. The molecular weight excluding hydrogens is 372 g/mol. The second-order valence-electron chi connectivity index (χ2n) is 9.04. The van der Waals surface area contributed by atoms with Crippen molar-refractivity contribution in [2.75, 3.05) is 41.3 Å². The van der Waals surface area contributed by atoms with Gasteiger partial charge in [-0.15, -0.1) is 0 Å². The van der Waals surface area contributed by atoms with Gasteiger partial charge in [-0.2, -0.15) is 0 Å². The van der Waals surface area contributed by atoms with E-state index >= 15 is 0 Å². The summed E-state index contributed by atoms with van der Waals surface area (Å²) < 4.78 is 0. The third-order valence-corrected chi connectivity index (χ3v) is 6.99. The molecule has 5 nitrogen and oxygen atoms in total. The van der Waals surface area contributed by atoms with E-state index in [0.29, 0.717) is 11.8 Å². The Kier molecular flexibility index (Phi) is 5.15. The Hall–Kier alpha value is -2.53. The number of anilines is 3. The van der Waals surface area contributed by atoms with Gasteiger partial charge in [-0.05, 0) is 49.1 Å². The summed E-state index contributed by atoms with van der Waals surface area (Å²) in [6.07, 6.45) is 2.45. The van der Waals surface area contributed by atoms with Crippen LogP contribution < -0.4 is 20.4 Å². The number of nitrogens with one attached hydrogen (secondary N) is 2. The fourth-order valence-corrected chi connectivity index (χ4v) is 5.39. The zero-order chi connectivity index (χ0) is 20.7. The first-order valence-electron chi connectivity index (χ1n) is 11.3. The summed E-state index contributed by atoms with van der Waals surface area (Å²) in [5.41, 5.74) is 4.73. The van der Waals surface area contributed by atoms with Gasteiger partial charge in [0.05, 0.1) is 6.04 Å². The van der Waals surface area contributed by atoms with Crippen LogP contribution in [0.2, 0.25) is 0 Å². The zero-order valence-corrected chi connectivity index (χ0v) is 18.0. The Morgan fingerprint density at radius 3 is 2.47 bits per heavy atom. The molecule has 3 atom stereocenters. The van der Waals surface area contributed by atoms with Crippen molar-refractivity contribution in [3.8, 4) is 0 Å². The molecule has 5 rings (SSSR count). The molecule has 158 valence electrons. The molecule has 30 heavy (non-hydrogen) atoms. The number of fused-ring (bicyclic) bond motifs is 1. The maximum atomic E-state index is 12.8. The standard InChI is InChI=1S/C25H32N4O/c1-17-24(27-20-6-4-3-5-7-20)22-16-21(28-14-12-26-13-15-28)10-11-23(22)29(18(2)30)25(17)19-8-9-19/h3-7,10-11,16-17,19,24-27H,8-9,12-15H2,1-2H3/t17-,24?,25?/m1/s1. The lowest BCUT2D eigenvalue weighted by Crippen LogP contribution is -2.51. The normalized spacial score (nSPS) is 26.3. The Morgan fingerprint density at radius 2 is 1.80 bits per heavy atom. The van der Waals surface area contributed by atoms with Gasteiger partial charge in [-0.25, -0.2) is 0 Å². The Morgan fingerprint density at radius 1 is 1.07 bits per heavy atom.